The van der Waals surface area contributed by atoms with Crippen molar-refractivity contribution in [2.45, 2.75) is 46.8 Å². The molecule has 1 aromatic rings. The average Bonchev–Trinajstić information content (AvgIpc) is 2.25. The maximum absolute atomic E-state index is 12.3. The van der Waals surface area contributed by atoms with Gasteiger partial charge >= 0.3 is 0 Å². The molecule has 1 rings (SSSR count). The van der Waals surface area contributed by atoms with Crippen LogP contribution in [0.25, 0.3) is 0 Å². The third-order valence-electron chi connectivity index (χ3n) is 3.58. The Morgan fingerprint density at radius 3 is 2.00 bits per heavy atom. The molecule has 0 aliphatic carbocycles. The van der Waals surface area contributed by atoms with E-state index in [0.717, 1.165) is 22.3 Å². The van der Waals surface area contributed by atoms with Gasteiger partial charge in [-0.25, -0.2) is 0 Å². The van der Waals surface area contributed by atoms with E-state index in [0.29, 0.717) is 5.92 Å². The predicted octanol–water partition coefficient (Wildman–Crippen LogP) is 3.59. The summed E-state index contributed by atoms with van der Waals surface area (Å²) in [6.45, 7) is 11.9. The summed E-state index contributed by atoms with van der Waals surface area (Å²) in [6, 6.07) is 4.02. The summed E-state index contributed by atoms with van der Waals surface area (Å²) >= 11 is 0. The number of carbonyl (C=O) groups is 1. The number of ketones is 1. The van der Waals surface area contributed by atoms with Crippen LogP contribution in [-0.4, -0.2) is 21.0 Å². The number of Topliss-reactive ketones (excluding diaryl/α,β-unsaturated/α-hetero) is 1. The van der Waals surface area contributed by atoms with Crippen LogP contribution in [0.1, 0.15) is 47.8 Å². The van der Waals surface area contributed by atoms with Gasteiger partial charge in [-0.05, 0) is 37.8 Å². The van der Waals surface area contributed by atoms with E-state index in [1.807, 2.05) is 53.7 Å². The maximum atomic E-state index is 12.3. The molecule has 19 heavy (non-hydrogen) atoms. The van der Waals surface area contributed by atoms with Crippen LogP contribution in [0.3, 0.4) is 0 Å². The molecule has 0 saturated carbocycles. The van der Waals surface area contributed by atoms with Crippen molar-refractivity contribution in [3.63, 3.8) is 0 Å². The van der Waals surface area contributed by atoms with Gasteiger partial charge in [-0.2, -0.15) is 0 Å². The molecule has 106 valence electrons. The van der Waals surface area contributed by atoms with Crippen molar-refractivity contribution in [2.24, 2.45) is 5.92 Å². The Morgan fingerprint density at radius 2 is 1.58 bits per heavy atom. The number of rotatable bonds is 5. The van der Waals surface area contributed by atoms with E-state index in [2.05, 4.69) is 0 Å². The Kier molecular flexibility index (Phi) is 5.48. The van der Waals surface area contributed by atoms with Gasteiger partial charge in [0.1, 0.15) is 0 Å². The molecule has 0 aromatic heterocycles. The molecule has 0 radical (unpaired) electrons. The van der Waals surface area contributed by atoms with E-state index >= 15 is 0 Å². The van der Waals surface area contributed by atoms with E-state index in [9.17, 15) is 9.00 Å². The van der Waals surface area contributed by atoms with Gasteiger partial charge in [0, 0.05) is 21.6 Å². The van der Waals surface area contributed by atoms with E-state index in [4.69, 9.17) is 0 Å². The second-order valence-corrected chi connectivity index (χ2v) is 7.46. The molecule has 0 aliphatic heterocycles. The number of carbonyl (C=O) groups excluding carboxylic acids is 1. The van der Waals surface area contributed by atoms with Crippen molar-refractivity contribution in [2.75, 3.05) is 5.75 Å². The molecule has 0 saturated heterocycles. The molecular weight excluding hydrogens is 256 g/mol. The molecule has 0 heterocycles. The molecule has 2 unspecified atom stereocenters. The van der Waals surface area contributed by atoms with Gasteiger partial charge in [0.2, 0.25) is 0 Å². The topological polar surface area (TPSA) is 34.1 Å². The third-order valence-corrected chi connectivity index (χ3v) is 5.50. The SMILES string of the molecule is Cc1cc(C)c(C(=O)CS(=O)C(C)C(C)C)c(C)c1. The lowest BCUT2D eigenvalue weighted by Crippen LogP contribution is -2.24. The first-order valence-electron chi connectivity index (χ1n) is 6.72. The minimum atomic E-state index is -1.10. The molecule has 0 amide bonds. The zero-order chi connectivity index (χ0) is 14.7. The van der Waals surface area contributed by atoms with Crippen molar-refractivity contribution in [3.8, 4) is 0 Å². The first-order chi connectivity index (χ1) is 8.73. The molecule has 0 fully saturated rings. The summed E-state index contributed by atoms with van der Waals surface area (Å²) in [4.78, 5) is 12.3. The van der Waals surface area contributed by atoms with Crippen LogP contribution in [0.2, 0.25) is 0 Å². The first kappa shape index (κ1) is 16.1. The number of aryl methyl sites for hydroxylation is 3. The number of hydrogen-bond donors (Lipinski definition) is 0. The Bertz CT molecular complexity index is 480. The van der Waals surface area contributed by atoms with E-state index in [1.54, 1.807) is 0 Å². The van der Waals surface area contributed by atoms with Gasteiger partial charge < -0.3 is 0 Å². The maximum Gasteiger partial charge on any atom is 0.175 e. The summed E-state index contributed by atoms with van der Waals surface area (Å²) in [7, 11) is -1.10. The van der Waals surface area contributed by atoms with Crippen LogP contribution in [0, 0.1) is 26.7 Å². The Morgan fingerprint density at radius 1 is 1.11 bits per heavy atom. The Hall–Kier alpha value is -0.960. The predicted molar refractivity (Wildman–Crippen MR) is 82.3 cm³/mol. The zero-order valence-electron chi connectivity index (χ0n) is 12.7. The molecule has 3 heteroatoms. The second kappa shape index (κ2) is 6.47. The quantitative estimate of drug-likeness (QED) is 0.772. The smallest absolute Gasteiger partial charge is 0.175 e. The molecule has 0 N–H and O–H groups in total. The highest BCUT2D eigenvalue weighted by Gasteiger charge is 2.21. The highest BCUT2D eigenvalue weighted by Crippen LogP contribution is 2.18. The zero-order valence-corrected chi connectivity index (χ0v) is 13.6. The fourth-order valence-corrected chi connectivity index (χ4v) is 3.53. The van der Waals surface area contributed by atoms with Gasteiger partial charge in [-0.1, -0.05) is 38.5 Å². The minimum absolute atomic E-state index is 0.000772. The standard InChI is InChI=1S/C16H24O2S/c1-10(2)14(6)19(18)9-15(17)16-12(4)7-11(3)8-13(16)5/h7-8,10,14H,9H2,1-6H3. The summed E-state index contributed by atoms with van der Waals surface area (Å²) in [5.74, 6) is 0.457. The highest BCUT2D eigenvalue weighted by molar-refractivity contribution is 7.86. The van der Waals surface area contributed by atoms with Crippen molar-refractivity contribution < 1.29 is 9.00 Å². The number of benzene rings is 1. The van der Waals surface area contributed by atoms with Gasteiger partial charge in [0.25, 0.3) is 0 Å². The molecule has 2 atom stereocenters. The van der Waals surface area contributed by atoms with Gasteiger partial charge in [0.15, 0.2) is 5.78 Å². The van der Waals surface area contributed by atoms with Crippen LogP contribution in [0.5, 0.6) is 0 Å². The molecule has 1 aromatic carbocycles. The lowest BCUT2D eigenvalue weighted by Gasteiger charge is -2.16. The van der Waals surface area contributed by atoms with Crippen LogP contribution in [0.4, 0.5) is 0 Å². The fraction of sp³-hybridized carbons (Fsp3) is 0.562. The third kappa shape index (κ3) is 4.00. The Balaban J connectivity index is 2.94. The lowest BCUT2D eigenvalue weighted by atomic mass is 9.97. The van der Waals surface area contributed by atoms with Crippen molar-refractivity contribution in [1.82, 2.24) is 0 Å². The first-order valence-corrected chi connectivity index (χ1v) is 8.10. The summed E-state index contributed by atoms with van der Waals surface area (Å²) in [6.07, 6.45) is 0. The van der Waals surface area contributed by atoms with E-state index < -0.39 is 10.8 Å². The summed E-state index contributed by atoms with van der Waals surface area (Å²) < 4.78 is 12.1. The largest absolute Gasteiger partial charge is 0.293 e. The van der Waals surface area contributed by atoms with Crippen molar-refractivity contribution in [3.05, 3.63) is 34.4 Å². The van der Waals surface area contributed by atoms with Crippen molar-refractivity contribution >= 4 is 16.6 Å². The highest BCUT2D eigenvalue weighted by atomic mass is 32.2. The molecule has 0 spiro atoms. The minimum Gasteiger partial charge on any atom is -0.293 e. The number of hydrogen-bond acceptors (Lipinski definition) is 2. The van der Waals surface area contributed by atoms with Crippen LogP contribution < -0.4 is 0 Å². The second-order valence-electron chi connectivity index (χ2n) is 5.67. The summed E-state index contributed by atoms with van der Waals surface area (Å²) in [5.41, 5.74) is 3.87. The lowest BCUT2D eigenvalue weighted by molar-refractivity contribution is 0.102. The van der Waals surface area contributed by atoms with Gasteiger partial charge in [-0.3, -0.25) is 9.00 Å². The van der Waals surface area contributed by atoms with E-state index in [1.165, 1.54) is 0 Å². The fourth-order valence-electron chi connectivity index (χ4n) is 2.26. The van der Waals surface area contributed by atoms with Crippen molar-refractivity contribution in [1.29, 1.82) is 0 Å². The molecule has 0 bridgehead atoms. The average molecular weight is 280 g/mol. The molecule has 2 nitrogen and oxygen atoms in total. The van der Waals surface area contributed by atoms with Crippen LogP contribution in [0.15, 0.2) is 12.1 Å². The molecular formula is C16H24O2S. The van der Waals surface area contributed by atoms with Crippen LogP contribution >= 0.6 is 0 Å². The molecule has 0 aliphatic rings. The van der Waals surface area contributed by atoms with Gasteiger partial charge in [0.05, 0.1) is 5.75 Å². The Labute approximate surface area is 119 Å². The van der Waals surface area contributed by atoms with Gasteiger partial charge in [-0.15, -0.1) is 0 Å². The monoisotopic (exact) mass is 280 g/mol. The van der Waals surface area contributed by atoms with E-state index in [-0.39, 0.29) is 16.8 Å². The normalized spacial score (nSPS) is 14.5. The van der Waals surface area contributed by atoms with Crippen LogP contribution in [-0.2, 0) is 10.8 Å². The summed E-state index contributed by atoms with van der Waals surface area (Å²) in [5, 5.41) is 0.0509.